The lowest BCUT2D eigenvalue weighted by molar-refractivity contribution is -0.139. The Morgan fingerprint density at radius 1 is 0.927 bits per heavy atom. The fraction of sp³-hybridized carbons (Fsp3) is 0.259. The van der Waals surface area contributed by atoms with Crippen LogP contribution in [-0.2, 0) is 32.3 Å². The number of nitrogens with one attached hydrogen (secondary N) is 1. The third-order valence-corrected chi connectivity index (χ3v) is 8.86. The summed E-state index contributed by atoms with van der Waals surface area (Å²) in [5.74, 6) is -1.48. The van der Waals surface area contributed by atoms with E-state index < -0.39 is 51.9 Å². The van der Waals surface area contributed by atoms with Crippen molar-refractivity contribution in [3.05, 3.63) is 92.9 Å². The molecule has 0 aromatic heterocycles. The summed E-state index contributed by atoms with van der Waals surface area (Å²) in [7, 11) is -4.63. The van der Waals surface area contributed by atoms with Crippen LogP contribution in [0.5, 0.6) is 0 Å². The first-order valence-corrected chi connectivity index (χ1v) is 14.7. The zero-order valence-electron chi connectivity index (χ0n) is 21.8. The Labute approximate surface area is 250 Å². The second-order valence-electron chi connectivity index (χ2n) is 8.78. The molecule has 3 aromatic rings. The molecular formula is C27H25Cl3F3N3O4S. The zero-order valence-corrected chi connectivity index (χ0v) is 24.8. The van der Waals surface area contributed by atoms with Gasteiger partial charge in [-0.3, -0.25) is 13.9 Å². The lowest BCUT2D eigenvalue weighted by Gasteiger charge is -2.32. The molecule has 3 aromatic carbocycles. The molecule has 0 aliphatic rings. The summed E-state index contributed by atoms with van der Waals surface area (Å²) in [6.45, 7) is 2.04. The van der Waals surface area contributed by atoms with Crippen molar-refractivity contribution < 1.29 is 31.2 Å². The molecule has 1 unspecified atom stereocenters. The van der Waals surface area contributed by atoms with Gasteiger partial charge in [0.25, 0.3) is 10.0 Å². The predicted octanol–water partition coefficient (Wildman–Crippen LogP) is 6.41. The van der Waals surface area contributed by atoms with Crippen LogP contribution >= 0.6 is 34.8 Å². The largest absolute Gasteiger partial charge is 0.416 e. The first-order valence-electron chi connectivity index (χ1n) is 12.1. The Kier molecular flexibility index (Phi) is 10.6. The number of sulfonamides is 1. The highest BCUT2D eigenvalue weighted by Gasteiger charge is 2.36. The highest BCUT2D eigenvalue weighted by Crippen LogP contribution is 2.37. The molecule has 0 aliphatic heterocycles. The van der Waals surface area contributed by atoms with Crippen LogP contribution < -0.4 is 9.62 Å². The molecule has 0 fully saturated rings. The molecule has 0 saturated heterocycles. The lowest BCUT2D eigenvalue weighted by atomic mass is 10.1. The number of hydrogen-bond acceptors (Lipinski definition) is 4. The van der Waals surface area contributed by atoms with E-state index in [4.69, 9.17) is 34.8 Å². The minimum absolute atomic E-state index is 0.188. The molecule has 0 aliphatic carbocycles. The summed E-state index contributed by atoms with van der Waals surface area (Å²) in [6, 6.07) is 12.5. The second kappa shape index (κ2) is 13.3. The molecule has 220 valence electrons. The van der Waals surface area contributed by atoms with E-state index >= 15 is 0 Å². The monoisotopic (exact) mass is 649 g/mol. The molecule has 2 amide bonds. The van der Waals surface area contributed by atoms with Crippen LogP contribution in [0.2, 0.25) is 15.1 Å². The first kappa shape index (κ1) is 32.5. The molecule has 0 radical (unpaired) electrons. The summed E-state index contributed by atoms with van der Waals surface area (Å²) in [4.78, 5) is 27.4. The molecule has 0 saturated carbocycles. The standard InChI is InChI=1S/C27H25Cl3F3N3O4S/c1-3-34-26(38)17(2)35(15-20-21(28)10-7-11-22(20)29)25(37)16-36(41(39,40)19-8-5-4-6-9-19)24-14-18(27(31,32)33)12-13-23(24)30/h4-14,17H,3,15-16H2,1-2H3,(H,34,38). The lowest BCUT2D eigenvalue weighted by Crippen LogP contribution is -2.51. The quantitative estimate of drug-likeness (QED) is 0.275. The molecule has 0 spiro atoms. The number of rotatable bonds is 10. The van der Waals surface area contributed by atoms with Crippen molar-refractivity contribution in [2.45, 2.75) is 37.5 Å². The van der Waals surface area contributed by atoms with Crippen molar-refractivity contribution in [1.82, 2.24) is 10.2 Å². The van der Waals surface area contributed by atoms with E-state index in [-0.39, 0.29) is 38.6 Å². The number of hydrogen-bond donors (Lipinski definition) is 1. The third-order valence-electron chi connectivity index (χ3n) is 6.06. The van der Waals surface area contributed by atoms with Gasteiger partial charge >= 0.3 is 6.18 Å². The number of halogens is 6. The van der Waals surface area contributed by atoms with Gasteiger partial charge in [0, 0.05) is 28.7 Å². The number of likely N-dealkylation sites (N-methyl/N-ethyl adjacent to an activating group) is 1. The topological polar surface area (TPSA) is 86.8 Å². The number of carbonyl (C=O) groups is 2. The summed E-state index contributed by atoms with van der Waals surface area (Å²) < 4.78 is 68.8. The normalized spacial score (nSPS) is 12.5. The fourth-order valence-electron chi connectivity index (χ4n) is 3.87. The molecule has 1 N–H and O–H groups in total. The number of carbonyl (C=O) groups excluding carboxylic acids is 2. The van der Waals surface area contributed by atoms with Crippen molar-refractivity contribution in [3.63, 3.8) is 0 Å². The van der Waals surface area contributed by atoms with E-state index in [2.05, 4.69) is 5.32 Å². The van der Waals surface area contributed by atoms with Gasteiger partial charge in [-0.05, 0) is 56.3 Å². The predicted molar refractivity (Wildman–Crippen MR) is 153 cm³/mol. The minimum Gasteiger partial charge on any atom is -0.355 e. The van der Waals surface area contributed by atoms with Crippen molar-refractivity contribution >= 4 is 62.3 Å². The Morgan fingerprint density at radius 2 is 1.54 bits per heavy atom. The molecular weight excluding hydrogens is 626 g/mol. The summed E-state index contributed by atoms with van der Waals surface area (Å²) in [5.41, 5.74) is -1.46. The third kappa shape index (κ3) is 7.65. The van der Waals surface area contributed by atoms with Crippen LogP contribution in [0.3, 0.4) is 0 Å². The maximum atomic E-state index is 13.9. The van der Waals surface area contributed by atoms with Crippen molar-refractivity contribution in [1.29, 1.82) is 0 Å². The maximum absolute atomic E-state index is 13.9. The van der Waals surface area contributed by atoms with Gasteiger partial charge in [-0.1, -0.05) is 59.1 Å². The van der Waals surface area contributed by atoms with Gasteiger partial charge in [-0.2, -0.15) is 13.2 Å². The Bertz CT molecular complexity index is 1500. The van der Waals surface area contributed by atoms with E-state index in [0.717, 1.165) is 11.0 Å². The van der Waals surface area contributed by atoms with Crippen molar-refractivity contribution in [2.75, 3.05) is 17.4 Å². The van der Waals surface area contributed by atoms with Crippen LogP contribution in [0.25, 0.3) is 0 Å². The molecule has 1 atom stereocenters. The molecule has 7 nitrogen and oxygen atoms in total. The minimum atomic E-state index is -4.83. The summed E-state index contributed by atoms with van der Waals surface area (Å²) in [5, 5.41) is 2.62. The highest BCUT2D eigenvalue weighted by atomic mass is 35.5. The van der Waals surface area contributed by atoms with Crippen molar-refractivity contribution in [3.8, 4) is 0 Å². The Hall–Kier alpha value is -2.99. The number of benzene rings is 3. The molecule has 3 rings (SSSR count). The molecule has 0 heterocycles. The Balaban J connectivity index is 2.16. The van der Waals surface area contributed by atoms with Gasteiger partial charge in [0.2, 0.25) is 11.8 Å². The van der Waals surface area contributed by atoms with Gasteiger partial charge in [-0.25, -0.2) is 8.42 Å². The number of amides is 2. The zero-order chi connectivity index (χ0) is 30.5. The number of nitrogens with zero attached hydrogens (tertiary/aromatic N) is 2. The van der Waals surface area contributed by atoms with E-state index in [9.17, 15) is 31.2 Å². The van der Waals surface area contributed by atoms with Crippen LogP contribution in [0, 0.1) is 0 Å². The van der Waals surface area contributed by atoms with Gasteiger partial charge in [-0.15, -0.1) is 0 Å². The van der Waals surface area contributed by atoms with Gasteiger partial charge < -0.3 is 10.2 Å². The highest BCUT2D eigenvalue weighted by molar-refractivity contribution is 7.92. The molecule has 0 bridgehead atoms. The smallest absolute Gasteiger partial charge is 0.355 e. The SMILES string of the molecule is CCNC(=O)C(C)N(Cc1c(Cl)cccc1Cl)C(=O)CN(c1cc(C(F)(F)F)ccc1Cl)S(=O)(=O)c1ccccc1. The summed E-state index contributed by atoms with van der Waals surface area (Å²) in [6.07, 6.45) is -4.83. The van der Waals surface area contributed by atoms with E-state index in [1.165, 1.54) is 43.3 Å². The van der Waals surface area contributed by atoms with E-state index in [1.54, 1.807) is 19.1 Å². The van der Waals surface area contributed by atoms with Crippen molar-refractivity contribution in [2.24, 2.45) is 0 Å². The fourth-order valence-corrected chi connectivity index (χ4v) is 6.10. The van der Waals surface area contributed by atoms with Gasteiger partial charge in [0.15, 0.2) is 0 Å². The first-order chi connectivity index (χ1) is 19.2. The average Bonchev–Trinajstić information content (AvgIpc) is 2.91. The Morgan fingerprint density at radius 3 is 2.10 bits per heavy atom. The van der Waals surface area contributed by atoms with Crippen LogP contribution in [-0.4, -0.2) is 44.3 Å². The molecule has 14 heteroatoms. The van der Waals surface area contributed by atoms with Gasteiger partial charge in [0.1, 0.15) is 12.6 Å². The van der Waals surface area contributed by atoms with Crippen LogP contribution in [0.1, 0.15) is 25.0 Å². The van der Waals surface area contributed by atoms with E-state index in [1.807, 2.05) is 0 Å². The second-order valence-corrected chi connectivity index (χ2v) is 11.9. The van der Waals surface area contributed by atoms with E-state index in [0.29, 0.717) is 16.4 Å². The number of alkyl halides is 3. The average molecular weight is 651 g/mol. The maximum Gasteiger partial charge on any atom is 0.416 e. The number of anilines is 1. The van der Waals surface area contributed by atoms with Gasteiger partial charge in [0.05, 0.1) is 21.2 Å². The van der Waals surface area contributed by atoms with Crippen LogP contribution in [0.15, 0.2) is 71.6 Å². The van der Waals surface area contributed by atoms with Crippen LogP contribution in [0.4, 0.5) is 18.9 Å². The summed E-state index contributed by atoms with van der Waals surface area (Å²) >= 11 is 18.8. The molecule has 41 heavy (non-hydrogen) atoms.